The summed E-state index contributed by atoms with van der Waals surface area (Å²) >= 11 is 0. The molecule has 4 heterocycles. The van der Waals surface area contributed by atoms with Crippen molar-refractivity contribution >= 4 is 10.9 Å². The van der Waals surface area contributed by atoms with Crippen molar-refractivity contribution in [1.82, 2.24) is 4.98 Å². The molecule has 156 valence electrons. The summed E-state index contributed by atoms with van der Waals surface area (Å²) in [4.78, 5) is 4.48. The monoisotopic (exact) mass is 410 g/mol. The second-order valence-corrected chi connectivity index (χ2v) is 9.17. The van der Waals surface area contributed by atoms with Gasteiger partial charge in [-0.2, -0.15) is 5.26 Å². The molecule has 3 aromatic rings. The summed E-state index contributed by atoms with van der Waals surface area (Å²) in [5.74, 6) is 1.03. The fraction of sp³-hybridized carbons (Fsp3) is 0.333. The number of piperidine rings is 3. The Morgan fingerprint density at radius 3 is 2.84 bits per heavy atom. The van der Waals surface area contributed by atoms with E-state index in [2.05, 4.69) is 35.8 Å². The Bertz CT molecular complexity index is 1160. The molecule has 6 rings (SSSR count). The van der Waals surface area contributed by atoms with Gasteiger partial charge in [-0.25, -0.2) is 0 Å². The number of pyridine rings is 1. The maximum atomic E-state index is 11.8. The second kappa shape index (κ2) is 7.92. The van der Waals surface area contributed by atoms with E-state index in [1.165, 1.54) is 0 Å². The summed E-state index contributed by atoms with van der Waals surface area (Å²) in [5.41, 5.74) is 3.69. The van der Waals surface area contributed by atoms with Gasteiger partial charge in [0.1, 0.15) is 18.7 Å². The number of fused-ring (bicyclic) bond motifs is 4. The molecule has 0 radical (unpaired) electrons. The van der Waals surface area contributed by atoms with Crippen molar-refractivity contribution in [2.45, 2.75) is 31.5 Å². The summed E-state index contributed by atoms with van der Waals surface area (Å²) in [6, 6.07) is 20.4. The Hall–Kier alpha value is -3.00. The number of benzene rings is 2. The van der Waals surface area contributed by atoms with Gasteiger partial charge in [-0.15, -0.1) is 6.58 Å². The van der Waals surface area contributed by atoms with Crippen molar-refractivity contribution in [3.63, 3.8) is 0 Å². The third kappa shape index (κ3) is 3.35. The van der Waals surface area contributed by atoms with Crippen LogP contribution in [0.25, 0.3) is 10.9 Å². The fourth-order valence-corrected chi connectivity index (χ4v) is 6.07. The van der Waals surface area contributed by atoms with E-state index in [4.69, 9.17) is 0 Å². The molecule has 31 heavy (non-hydrogen) atoms. The van der Waals surface area contributed by atoms with E-state index in [0.29, 0.717) is 11.8 Å². The molecule has 5 atom stereocenters. The topological polar surface area (TPSA) is 56.9 Å². The predicted molar refractivity (Wildman–Crippen MR) is 122 cm³/mol. The summed E-state index contributed by atoms with van der Waals surface area (Å²) in [6.45, 7) is 6.88. The maximum absolute atomic E-state index is 11.8. The number of aromatic nitrogens is 1. The number of nitrogens with zero attached hydrogens (tertiary/aromatic N) is 3. The zero-order valence-corrected chi connectivity index (χ0v) is 17.7. The van der Waals surface area contributed by atoms with Gasteiger partial charge >= 0.3 is 0 Å². The van der Waals surface area contributed by atoms with Crippen LogP contribution in [0.4, 0.5) is 0 Å². The van der Waals surface area contributed by atoms with Gasteiger partial charge in [-0.3, -0.25) is 4.98 Å². The van der Waals surface area contributed by atoms with Gasteiger partial charge in [-0.1, -0.05) is 42.5 Å². The van der Waals surface area contributed by atoms with Crippen LogP contribution >= 0.6 is 0 Å². The van der Waals surface area contributed by atoms with Crippen molar-refractivity contribution < 1.29 is 9.59 Å². The average Bonchev–Trinajstić information content (AvgIpc) is 2.83. The predicted octanol–water partition coefficient (Wildman–Crippen LogP) is 4.75. The van der Waals surface area contributed by atoms with Gasteiger partial charge in [0.15, 0.2) is 0 Å². The molecule has 0 saturated carbocycles. The van der Waals surface area contributed by atoms with E-state index in [-0.39, 0.29) is 6.04 Å². The Kier molecular flexibility index (Phi) is 5.09. The fourth-order valence-electron chi connectivity index (χ4n) is 6.07. The number of rotatable bonds is 5. The van der Waals surface area contributed by atoms with E-state index in [1.807, 2.05) is 42.5 Å². The normalized spacial score (nSPS) is 28.2. The van der Waals surface area contributed by atoms with Crippen molar-refractivity contribution in [2.75, 3.05) is 13.1 Å². The first kappa shape index (κ1) is 19.9. The molecule has 1 aromatic heterocycles. The van der Waals surface area contributed by atoms with Gasteiger partial charge < -0.3 is 9.59 Å². The van der Waals surface area contributed by atoms with Crippen LogP contribution in [0.3, 0.4) is 0 Å². The number of hydrogen-bond donors (Lipinski definition) is 1. The molecule has 1 N–H and O–H groups in total. The highest BCUT2D eigenvalue weighted by Gasteiger charge is 2.54. The average molecular weight is 411 g/mol. The smallest absolute Gasteiger partial charge is 0.131 e. The highest BCUT2D eigenvalue weighted by atomic mass is 16.3. The van der Waals surface area contributed by atoms with E-state index in [0.717, 1.165) is 64.6 Å². The highest BCUT2D eigenvalue weighted by Crippen LogP contribution is 2.48. The standard InChI is InChI=1S/C27H28N3O/c1-2-19-17-30(18-22-8-4-3-7-21(22)16-28)14-12-20(19)15-26(30)27(31)24-11-13-29-25-10-6-5-9-23(24)25/h2-11,13,19-20,26-27,31H,1,12,14-15,17-18H2/q+1/t19?,20?,26?,27-,30?/m1/s1. The van der Waals surface area contributed by atoms with Gasteiger partial charge in [0, 0.05) is 35.9 Å². The van der Waals surface area contributed by atoms with Crippen LogP contribution in [0.5, 0.6) is 0 Å². The van der Waals surface area contributed by atoms with Gasteiger partial charge in [0.25, 0.3) is 0 Å². The third-order valence-corrected chi connectivity index (χ3v) is 7.66. The number of aliphatic hydroxyl groups excluding tert-OH is 1. The van der Waals surface area contributed by atoms with Crippen LogP contribution in [0.2, 0.25) is 0 Å². The Labute approximate surface area is 183 Å². The van der Waals surface area contributed by atoms with E-state index in [9.17, 15) is 10.4 Å². The number of para-hydroxylation sites is 1. The minimum absolute atomic E-state index is 0.0903. The molecule has 4 unspecified atom stereocenters. The summed E-state index contributed by atoms with van der Waals surface area (Å²) in [5, 5.41) is 22.4. The molecule has 3 aliphatic rings. The largest absolute Gasteiger partial charge is 0.382 e. The van der Waals surface area contributed by atoms with E-state index >= 15 is 0 Å². The molecule has 0 aliphatic carbocycles. The number of nitriles is 1. The van der Waals surface area contributed by atoms with Crippen molar-refractivity contribution in [1.29, 1.82) is 5.26 Å². The zero-order chi connectivity index (χ0) is 21.4. The van der Waals surface area contributed by atoms with Crippen molar-refractivity contribution in [3.05, 3.63) is 90.1 Å². The van der Waals surface area contributed by atoms with Crippen LogP contribution in [0.1, 0.15) is 35.6 Å². The molecule has 0 spiro atoms. The number of quaternary nitrogens is 1. The van der Waals surface area contributed by atoms with Crippen LogP contribution < -0.4 is 0 Å². The summed E-state index contributed by atoms with van der Waals surface area (Å²) in [7, 11) is 0. The molecule has 2 aromatic carbocycles. The molecule has 2 bridgehead atoms. The lowest BCUT2D eigenvalue weighted by Gasteiger charge is -2.58. The van der Waals surface area contributed by atoms with Gasteiger partial charge in [0.05, 0.1) is 30.2 Å². The Morgan fingerprint density at radius 2 is 2.00 bits per heavy atom. The molecule has 4 nitrogen and oxygen atoms in total. The quantitative estimate of drug-likeness (QED) is 0.488. The number of aliphatic hydroxyl groups is 1. The van der Waals surface area contributed by atoms with Gasteiger partial charge in [-0.05, 0) is 29.7 Å². The third-order valence-electron chi connectivity index (χ3n) is 7.66. The SMILES string of the molecule is C=CC1C[N+]2(Cc3ccccc3C#N)CCC1CC2[C@H](O)c1ccnc2ccccc12. The number of hydrogen-bond acceptors (Lipinski definition) is 3. The van der Waals surface area contributed by atoms with Crippen LogP contribution in [0, 0.1) is 23.2 Å². The molecule has 4 heteroatoms. The lowest BCUT2D eigenvalue weighted by Crippen LogP contribution is -2.67. The van der Waals surface area contributed by atoms with E-state index < -0.39 is 6.10 Å². The Balaban J connectivity index is 1.58. The molecule has 3 saturated heterocycles. The molecular formula is C27H28N3O+. The molecular weight excluding hydrogens is 382 g/mol. The van der Waals surface area contributed by atoms with Crippen LogP contribution in [0.15, 0.2) is 73.4 Å². The first-order valence-corrected chi connectivity index (χ1v) is 11.1. The Morgan fingerprint density at radius 1 is 1.19 bits per heavy atom. The lowest BCUT2D eigenvalue weighted by molar-refractivity contribution is -0.985. The zero-order valence-electron chi connectivity index (χ0n) is 17.7. The van der Waals surface area contributed by atoms with Crippen molar-refractivity contribution in [3.8, 4) is 6.07 Å². The van der Waals surface area contributed by atoms with Crippen LogP contribution in [-0.4, -0.2) is 33.7 Å². The van der Waals surface area contributed by atoms with Gasteiger partial charge in [0.2, 0.25) is 0 Å². The summed E-state index contributed by atoms with van der Waals surface area (Å²) < 4.78 is 0.809. The van der Waals surface area contributed by atoms with E-state index in [1.54, 1.807) is 6.20 Å². The molecule has 3 fully saturated rings. The molecule has 0 amide bonds. The summed E-state index contributed by atoms with van der Waals surface area (Å²) in [6.07, 6.45) is 5.46. The van der Waals surface area contributed by atoms with Crippen molar-refractivity contribution in [2.24, 2.45) is 11.8 Å². The minimum atomic E-state index is -0.573. The first-order chi connectivity index (χ1) is 15.1. The molecule has 3 aliphatic heterocycles. The van der Waals surface area contributed by atoms with Crippen LogP contribution in [-0.2, 0) is 6.54 Å². The lowest BCUT2D eigenvalue weighted by atomic mass is 9.71. The second-order valence-electron chi connectivity index (χ2n) is 9.17. The maximum Gasteiger partial charge on any atom is 0.131 e. The highest BCUT2D eigenvalue weighted by molar-refractivity contribution is 5.82. The minimum Gasteiger partial charge on any atom is -0.382 e. The first-order valence-electron chi connectivity index (χ1n) is 11.1.